The highest BCUT2D eigenvalue weighted by Gasteiger charge is 2.55. The van der Waals surface area contributed by atoms with Crippen molar-refractivity contribution in [3.8, 4) is 0 Å². The fourth-order valence-electron chi connectivity index (χ4n) is 3.08. The molecule has 0 aromatic heterocycles. The highest BCUT2D eigenvalue weighted by Crippen LogP contribution is 2.39. The maximum Gasteiger partial charge on any atom is 0.273 e. The number of benzene rings is 2. The molecule has 6 heteroatoms. The number of hydroxylamine groups is 1. The third-order valence-corrected chi connectivity index (χ3v) is 4.73. The molecule has 25 heavy (non-hydrogen) atoms. The lowest BCUT2D eigenvalue weighted by Crippen LogP contribution is -2.40. The van der Waals surface area contributed by atoms with E-state index in [2.05, 4.69) is 5.48 Å². The predicted molar refractivity (Wildman–Crippen MR) is 94.7 cm³/mol. The Morgan fingerprint density at radius 2 is 1.84 bits per heavy atom. The van der Waals surface area contributed by atoms with Gasteiger partial charge in [0.15, 0.2) is 0 Å². The molecule has 1 fully saturated rings. The zero-order valence-electron chi connectivity index (χ0n) is 13.5. The molecule has 5 nitrogen and oxygen atoms in total. The average Bonchev–Trinajstić information content (AvgIpc) is 3.11. The smallest absolute Gasteiger partial charge is 0.273 e. The third-order valence-electron chi connectivity index (χ3n) is 4.41. The number of imide groups is 1. The molecule has 0 radical (unpaired) electrons. The summed E-state index contributed by atoms with van der Waals surface area (Å²) in [5.41, 5.74) is 4.31. The fraction of sp³-hybridized carbons (Fsp3) is 0.158. The number of nitrogens with zero attached hydrogens (tertiary/aromatic N) is 1. The van der Waals surface area contributed by atoms with Crippen LogP contribution < -0.4 is 10.4 Å². The SMILES string of the molecule is Cc1ccc(N2C(=O)C[C@]3(C=C(c4ccccc4Cl)NO3)C2=O)cc1. The van der Waals surface area contributed by atoms with Crippen LogP contribution in [0, 0.1) is 6.92 Å². The first-order valence-corrected chi connectivity index (χ1v) is 8.24. The van der Waals surface area contributed by atoms with E-state index < -0.39 is 11.5 Å². The Bertz CT molecular complexity index is 907. The van der Waals surface area contributed by atoms with Crippen LogP contribution in [0.5, 0.6) is 0 Å². The van der Waals surface area contributed by atoms with Gasteiger partial charge in [-0.1, -0.05) is 47.5 Å². The number of hydrogen-bond donors (Lipinski definition) is 1. The summed E-state index contributed by atoms with van der Waals surface area (Å²) in [7, 11) is 0. The molecular weight excluding hydrogens is 340 g/mol. The van der Waals surface area contributed by atoms with Gasteiger partial charge in [0.1, 0.15) is 0 Å². The summed E-state index contributed by atoms with van der Waals surface area (Å²) >= 11 is 6.21. The molecule has 2 aromatic rings. The van der Waals surface area contributed by atoms with Crippen molar-refractivity contribution in [1.29, 1.82) is 0 Å². The number of anilines is 1. The molecule has 2 heterocycles. The van der Waals surface area contributed by atoms with E-state index in [-0.39, 0.29) is 12.3 Å². The van der Waals surface area contributed by atoms with Crippen molar-refractivity contribution >= 4 is 34.8 Å². The summed E-state index contributed by atoms with van der Waals surface area (Å²) < 4.78 is 0. The van der Waals surface area contributed by atoms with Crippen LogP contribution in [0.25, 0.3) is 5.70 Å². The van der Waals surface area contributed by atoms with Crippen molar-refractivity contribution in [2.24, 2.45) is 0 Å². The molecule has 0 aliphatic carbocycles. The first-order valence-electron chi connectivity index (χ1n) is 7.86. The first kappa shape index (κ1) is 15.9. The number of carbonyl (C=O) groups excluding carboxylic acids is 2. The first-order chi connectivity index (χ1) is 12.0. The van der Waals surface area contributed by atoms with E-state index in [1.54, 1.807) is 24.3 Å². The van der Waals surface area contributed by atoms with Crippen molar-refractivity contribution < 1.29 is 14.4 Å². The highest BCUT2D eigenvalue weighted by molar-refractivity contribution is 6.32. The molecule has 1 spiro atoms. The zero-order chi connectivity index (χ0) is 17.6. The van der Waals surface area contributed by atoms with Crippen molar-refractivity contribution in [2.75, 3.05) is 4.90 Å². The van der Waals surface area contributed by atoms with Gasteiger partial charge in [-0.25, -0.2) is 4.90 Å². The summed E-state index contributed by atoms with van der Waals surface area (Å²) in [4.78, 5) is 32.2. The monoisotopic (exact) mass is 354 g/mol. The van der Waals surface area contributed by atoms with Crippen LogP contribution in [0.3, 0.4) is 0 Å². The lowest BCUT2D eigenvalue weighted by Gasteiger charge is -2.18. The largest absolute Gasteiger partial charge is 0.274 e. The van der Waals surface area contributed by atoms with Crippen molar-refractivity contribution in [3.63, 3.8) is 0 Å². The minimum Gasteiger partial charge on any atom is -0.274 e. The Labute approximate surface area is 149 Å². The molecule has 0 unspecified atom stereocenters. The number of amides is 2. The van der Waals surface area contributed by atoms with E-state index in [4.69, 9.17) is 16.4 Å². The number of hydrogen-bond acceptors (Lipinski definition) is 4. The molecule has 0 saturated carbocycles. The fourth-order valence-corrected chi connectivity index (χ4v) is 3.32. The number of halogens is 1. The molecule has 1 N–H and O–H groups in total. The zero-order valence-corrected chi connectivity index (χ0v) is 14.2. The van der Waals surface area contributed by atoms with Crippen LogP contribution in [0.15, 0.2) is 54.6 Å². The summed E-state index contributed by atoms with van der Waals surface area (Å²) in [6, 6.07) is 14.5. The molecule has 0 bridgehead atoms. The molecule has 2 aliphatic rings. The van der Waals surface area contributed by atoms with Crippen molar-refractivity contribution in [3.05, 3.63) is 70.8 Å². The second-order valence-corrected chi connectivity index (χ2v) is 6.59. The molecule has 126 valence electrons. The summed E-state index contributed by atoms with van der Waals surface area (Å²) in [6.45, 7) is 1.95. The van der Waals surface area contributed by atoms with Crippen LogP contribution in [-0.4, -0.2) is 17.4 Å². The minimum atomic E-state index is -1.34. The maximum absolute atomic E-state index is 12.9. The quantitative estimate of drug-likeness (QED) is 0.841. The lowest BCUT2D eigenvalue weighted by molar-refractivity contribution is -0.136. The van der Waals surface area contributed by atoms with E-state index in [0.29, 0.717) is 16.4 Å². The van der Waals surface area contributed by atoms with E-state index in [1.165, 1.54) is 4.90 Å². The second-order valence-electron chi connectivity index (χ2n) is 6.18. The van der Waals surface area contributed by atoms with E-state index >= 15 is 0 Å². The van der Waals surface area contributed by atoms with Crippen LogP contribution in [0.2, 0.25) is 5.02 Å². The highest BCUT2D eigenvalue weighted by atomic mass is 35.5. The van der Waals surface area contributed by atoms with Crippen LogP contribution in [0.1, 0.15) is 17.5 Å². The van der Waals surface area contributed by atoms with E-state index in [9.17, 15) is 9.59 Å². The van der Waals surface area contributed by atoms with E-state index in [0.717, 1.165) is 11.1 Å². The number of nitrogens with one attached hydrogen (secondary N) is 1. The average molecular weight is 355 g/mol. The minimum absolute atomic E-state index is 0.0549. The molecule has 4 rings (SSSR count). The Morgan fingerprint density at radius 1 is 1.12 bits per heavy atom. The number of aryl methyl sites for hydroxylation is 1. The predicted octanol–water partition coefficient (Wildman–Crippen LogP) is 3.23. The van der Waals surface area contributed by atoms with Gasteiger partial charge in [0, 0.05) is 10.6 Å². The normalized spacial score (nSPS) is 22.5. The second kappa shape index (κ2) is 5.72. The van der Waals surface area contributed by atoms with Crippen molar-refractivity contribution in [1.82, 2.24) is 5.48 Å². The van der Waals surface area contributed by atoms with Gasteiger partial charge in [-0.15, -0.1) is 0 Å². The molecule has 2 aliphatic heterocycles. The van der Waals surface area contributed by atoms with Crippen LogP contribution in [0.4, 0.5) is 5.69 Å². The Hall–Kier alpha value is -2.63. The summed E-state index contributed by atoms with van der Waals surface area (Å²) in [6.07, 6.45) is 1.59. The van der Waals surface area contributed by atoms with Gasteiger partial charge in [0.2, 0.25) is 11.5 Å². The summed E-state index contributed by atoms with van der Waals surface area (Å²) in [5, 5.41) is 0.536. The molecule has 2 aromatic carbocycles. The third kappa shape index (κ3) is 2.52. The van der Waals surface area contributed by atoms with Crippen LogP contribution in [-0.2, 0) is 14.4 Å². The van der Waals surface area contributed by atoms with Gasteiger partial charge < -0.3 is 0 Å². The Balaban J connectivity index is 1.70. The molecular formula is C19H15ClN2O3. The molecule has 1 saturated heterocycles. The number of rotatable bonds is 2. The van der Waals surface area contributed by atoms with Gasteiger partial charge in [-0.05, 0) is 31.2 Å². The molecule has 2 amide bonds. The van der Waals surface area contributed by atoms with Gasteiger partial charge in [-0.3, -0.25) is 19.9 Å². The summed E-state index contributed by atoms with van der Waals surface area (Å²) in [5.74, 6) is -0.705. The topological polar surface area (TPSA) is 58.6 Å². The van der Waals surface area contributed by atoms with Gasteiger partial charge in [-0.2, -0.15) is 0 Å². The lowest BCUT2D eigenvalue weighted by atomic mass is 9.99. The van der Waals surface area contributed by atoms with E-state index in [1.807, 2.05) is 37.3 Å². The van der Waals surface area contributed by atoms with Gasteiger partial charge in [0.25, 0.3) is 5.91 Å². The van der Waals surface area contributed by atoms with Crippen LogP contribution >= 0.6 is 11.6 Å². The molecule has 1 atom stereocenters. The standard InChI is InChI=1S/C19H15ClN2O3/c1-12-6-8-13(9-7-12)22-17(23)11-19(18(22)24)10-16(21-25-19)14-4-2-3-5-15(14)20/h2-10,21H,11H2,1H3/t19-/m1/s1. The van der Waals surface area contributed by atoms with Gasteiger partial charge >= 0.3 is 0 Å². The maximum atomic E-state index is 12.9. The number of carbonyl (C=O) groups is 2. The Kier molecular flexibility index (Phi) is 3.63. The van der Waals surface area contributed by atoms with Gasteiger partial charge in [0.05, 0.1) is 17.8 Å². The van der Waals surface area contributed by atoms with Crippen molar-refractivity contribution in [2.45, 2.75) is 18.9 Å². The Morgan fingerprint density at radius 3 is 2.56 bits per heavy atom.